The van der Waals surface area contributed by atoms with Crippen LogP contribution in [0.5, 0.6) is 11.5 Å². The van der Waals surface area contributed by atoms with E-state index in [9.17, 15) is 5.26 Å². The molecule has 0 spiro atoms. The maximum Gasteiger partial charge on any atom is 0.140 e. The van der Waals surface area contributed by atoms with Crippen LogP contribution in [0.1, 0.15) is 104 Å². The number of benzene rings is 2. The Balaban J connectivity index is 0.00000391. The van der Waals surface area contributed by atoms with Gasteiger partial charge in [-0.2, -0.15) is 5.26 Å². The Morgan fingerprint density at radius 2 is 1.70 bits per heavy atom. The predicted molar refractivity (Wildman–Crippen MR) is 175 cm³/mol. The fraction of sp³-hybridized carbons (Fsp3) is 0.486. The van der Waals surface area contributed by atoms with Gasteiger partial charge in [0.1, 0.15) is 24.2 Å². The van der Waals surface area contributed by atoms with Gasteiger partial charge >= 0.3 is 0 Å². The molecule has 2 rings (SSSR count). The second-order valence-corrected chi connectivity index (χ2v) is 10.9. The number of thioether (sulfide) groups is 1. The highest BCUT2D eigenvalue weighted by atomic mass is 32.2. The van der Waals surface area contributed by atoms with E-state index in [0.717, 1.165) is 64.6 Å². The number of ether oxygens (including phenoxy) is 2. The average molecular weight is 563 g/mol. The van der Waals surface area contributed by atoms with Crippen molar-refractivity contribution in [1.82, 2.24) is 0 Å². The normalized spacial score (nSPS) is 11.5. The maximum absolute atomic E-state index is 9.92. The van der Waals surface area contributed by atoms with Crippen LogP contribution in [-0.4, -0.2) is 25.2 Å². The highest BCUT2D eigenvalue weighted by Gasteiger charge is 2.26. The summed E-state index contributed by atoms with van der Waals surface area (Å²) in [6.07, 6.45) is 10.1. The second kappa shape index (κ2) is 18.4. The predicted octanol–water partition coefficient (Wildman–Crippen LogP) is 10.1. The number of hydrogen-bond acceptors (Lipinski definition) is 5. The molecule has 0 aliphatic heterocycles. The van der Waals surface area contributed by atoms with Crippen LogP contribution in [0.25, 0.3) is 0 Å². The van der Waals surface area contributed by atoms with E-state index in [1.807, 2.05) is 57.4 Å². The molecule has 0 bridgehead atoms. The lowest BCUT2D eigenvalue weighted by molar-refractivity contribution is 0.302. The first-order valence-corrected chi connectivity index (χ1v) is 15.8. The maximum atomic E-state index is 9.92. The molecular formula is C35H50N2O2S. The number of aliphatic imine (C=N–C) groups is 1. The summed E-state index contributed by atoms with van der Waals surface area (Å²) in [4.78, 5) is 4.77. The SMILES string of the molecule is C/C=C\C(COc1ccc(C(C)(C)c2cc(C#N)c(OCCCCC)c(CC)c2)cc1)=N/C(SC)=C(C)C.CC. The highest BCUT2D eigenvalue weighted by Crippen LogP contribution is 2.37. The third-order valence-electron chi connectivity index (χ3n) is 6.57. The summed E-state index contributed by atoms with van der Waals surface area (Å²) in [7, 11) is 0. The van der Waals surface area contributed by atoms with E-state index in [0.29, 0.717) is 18.8 Å². The van der Waals surface area contributed by atoms with Crippen molar-refractivity contribution in [3.05, 3.63) is 81.4 Å². The monoisotopic (exact) mass is 562 g/mol. The van der Waals surface area contributed by atoms with Gasteiger partial charge in [0.05, 0.1) is 22.9 Å². The third-order valence-corrected chi connectivity index (χ3v) is 7.46. The fourth-order valence-electron chi connectivity index (χ4n) is 4.19. The van der Waals surface area contributed by atoms with E-state index in [1.54, 1.807) is 11.8 Å². The van der Waals surface area contributed by atoms with Gasteiger partial charge in [0, 0.05) is 5.41 Å². The Morgan fingerprint density at radius 3 is 2.23 bits per heavy atom. The van der Waals surface area contributed by atoms with Gasteiger partial charge in [-0.05, 0) is 86.4 Å². The van der Waals surface area contributed by atoms with Gasteiger partial charge in [-0.1, -0.05) is 78.7 Å². The smallest absolute Gasteiger partial charge is 0.140 e. The fourth-order valence-corrected chi connectivity index (χ4v) is 4.80. The first-order chi connectivity index (χ1) is 19.2. The van der Waals surface area contributed by atoms with Gasteiger partial charge in [0.15, 0.2) is 0 Å². The zero-order valence-electron chi connectivity index (χ0n) is 26.5. The molecule has 5 heteroatoms. The summed E-state index contributed by atoms with van der Waals surface area (Å²) in [6.45, 7) is 19.9. The van der Waals surface area contributed by atoms with Crippen molar-refractivity contribution < 1.29 is 9.47 Å². The van der Waals surface area contributed by atoms with E-state index in [-0.39, 0.29) is 5.41 Å². The largest absolute Gasteiger partial charge is 0.492 e. The lowest BCUT2D eigenvalue weighted by Gasteiger charge is -2.28. The lowest BCUT2D eigenvalue weighted by Crippen LogP contribution is -2.20. The van der Waals surface area contributed by atoms with E-state index >= 15 is 0 Å². The van der Waals surface area contributed by atoms with Gasteiger partial charge in [0.2, 0.25) is 0 Å². The third kappa shape index (κ3) is 10.2. The molecule has 40 heavy (non-hydrogen) atoms. The molecule has 2 aromatic carbocycles. The van der Waals surface area contributed by atoms with E-state index in [1.165, 1.54) is 5.57 Å². The van der Waals surface area contributed by atoms with Crippen LogP contribution < -0.4 is 9.47 Å². The molecule has 0 heterocycles. The summed E-state index contributed by atoms with van der Waals surface area (Å²) < 4.78 is 12.2. The first-order valence-electron chi connectivity index (χ1n) is 14.6. The Hall–Kier alpha value is -2.97. The molecule has 0 aromatic heterocycles. The van der Waals surface area contributed by atoms with Crippen LogP contribution in [0.15, 0.2) is 64.1 Å². The molecule has 0 amide bonds. The summed E-state index contributed by atoms with van der Waals surface area (Å²) in [5, 5.41) is 10.9. The van der Waals surface area contributed by atoms with Crippen molar-refractivity contribution >= 4 is 17.5 Å². The van der Waals surface area contributed by atoms with Crippen LogP contribution >= 0.6 is 11.8 Å². The van der Waals surface area contributed by atoms with E-state index < -0.39 is 0 Å². The van der Waals surface area contributed by atoms with Gasteiger partial charge in [-0.3, -0.25) is 0 Å². The summed E-state index contributed by atoms with van der Waals surface area (Å²) >= 11 is 1.64. The standard InChI is InChI=1S/C33H44N2O2S.C2H6/c1-9-12-13-19-36-31-25(11-3)20-28(21-26(31)22-34)33(6,7)27-15-17-30(18-16-27)37-23-29(14-10-2)35-32(38-8)24(4)5;1-2/h10,14-18,20-21H,9,11-13,19,23H2,1-8H3;1-2H3/b14-10-,35-29+;. The average Bonchev–Trinajstić information content (AvgIpc) is 2.97. The topological polar surface area (TPSA) is 54.6 Å². The van der Waals surface area contributed by atoms with Crippen LogP contribution in [0.4, 0.5) is 0 Å². The van der Waals surface area contributed by atoms with Gasteiger partial charge in [-0.25, -0.2) is 4.99 Å². The number of unbranched alkanes of at least 4 members (excludes halogenated alkanes) is 2. The zero-order chi connectivity index (χ0) is 30.1. The Kier molecular flexibility index (Phi) is 16.1. The number of nitriles is 1. The highest BCUT2D eigenvalue weighted by molar-refractivity contribution is 8.02. The van der Waals surface area contributed by atoms with Crippen LogP contribution in [0, 0.1) is 11.3 Å². The number of nitrogens with zero attached hydrogens (tertiary/aromatic N) is 2. The molecule has 0 N–H and O–H groups in total. The molecule has 0 radical (unpaired) electrons. The summed E-state index contributed by atoms with van der Waals surface area (Å²) in [6, 6.07) is 14.8. The number of allylic oxidation sites excluding steroid dienone is 2. The summed E-state index contributed by atoms with van der Waals surface area (Å²) in [5.74, 6) is 1.54. The number of aryl methyl sites for hydroxylation is 1. The van der Waals surface area contributed by atoms with Crippen molar-refractivity contribution in [2.75, 3.05) is 19.5 Å². The molecule has 0 aliphatic carbocycles. The minimum Gasteiger partial charge on any atom is -0.492 e. The van der Waals surface area contributed by atoms with Crippen LogP contribution in [0.2, 0.25) is 0 Å². The molecule has 218 valence electrons. The van der Waals surface area contributed by atoms with Crippen molar-refractivity contribution in [3.8, 4) is 17.6 Å². The molecular weight excluding hydrogens is 512 g/mol. The Labute approximate surface area is 248 Å². The second-order valence-electron chi connectivity index (χ2n) is 10.1. The minimum atomic E-state index is -0.289. The van der Waals surface area contributed by atoms with E-state index in [2.05, 4.69) is 65.8 Å². The quantitative estimate of drug-likeness (QED) is 0.170. The Morgan fingerprint density at radius 1 is 1.02 bits per heavy atom. The molecule has 0 atom stereocenters. The lowest BCUT2D eigenvalue weighted by atomic mass is 9.77. The molecule has 2 aromatic rings. The Bertz CT molecular complexity index is 1180. The first kappa shape index (κ1) is 35.1. The van der Waals surface area contributed by atoms with Crippen molar-refractivity contribution in [2.45, 2.75) is 93.4 Å². The van der Waals surface area contributed by atoms with E-state index in [4.69, 9.17) is 14.5 Å². The van der Waals surface area contributed by atoms with Crippen LogP contribution in [0.3, 0.4) is 0 Å². The van der Waals surface area contributed by atoms with Gasteiger partial charge in [-0.15, -0.1) is 11.8 Å². The summed E-state index contributed by atoms with van der Waals surface area (Å²) in [5.41, 5.74) is 5.74. The van der Waals surface area contributed by atoms with Gasteiger partial charge < -0.3 is 9.47 Å². The zero-order valence-corrected chi connectivity index (χ0v) is 27.3. The van der Waals surface area contributed by atoms with Gasteiger partial charge in [0.25, 0.3) is 0 Å². The van der Waals surface area contributed by atoms with Crippen molar-refractivity contribution in [3.63, 3.8) is 0 Å². The molecule has 4 nitrogen and oxygen atoms in total. The molecule has 0 fully saturated rings. The molecule has 0 saturated carbocycles. The number of hydrogen-bond donors (Lipinski definition) is 0. The van der Waals surface area contributed by atoms with Crippen molar-refractivity contribution in [2.24, 2.45) is 4.99 Å². The molecule has 0 unspecified atom stereocenters. The molecule has 0 saturated heterocycles. The number of rotatable bonds is 14. The molecule has 0 aliphatic rings. The van der Waals surface area contributed by atoms with Crippen LogP contribution in [-0.2, 0) is 11.8 Å². The minimum absolute atomic E-state index is 0.289. The van der Waals surface area contributed by atoms with Crippen molar-refractivity contribution in [1.29, 1.82) is 5.26 Å².